The highest BCUT2D eigenvalue weighted by molar-refractivity contribution is 5.60. The first kappa shape index (κ1) is 11.2. The quantitative estimate of drug-likeness (QED) is 0.557. The van der Waals surface area contributed by atoms with Crippen LogP contribution >= 0.6 is 0 Å². The lowest BCUT2D eigenvalue weighted by Crippen LogP contribution is -2.12. The monoisotopic (exact) mass is 233 g/mol. The van der Waals surface area contributed by atoms with E-state index in [1.54, 1.807) is 0 Å². The third-order valence-electron chi connectivity index (χ3n) is 2.25. The van der Waals surface area contributed by atoms with Gasteiger partial charge >= 0.3 is 0 Å². The molecule has 1 heterocycles. The first-order valence-electron chi connectivity index (χ1n) is 4.93. The van der Waals surface area contributed by atoms with Crippen LogP contribution in [0.3, 0.4) is 0 Å². The van der Waals surface area contributed by atoms with Gasteiger partial charge in [-0.25, -0.2) is 4.98 Å². The summed E-state index contributed by atoms with van der Waals surface area (Å²) in [5.74, 6) is -0.206. The van der Waals surface area contributed by atoms with Gasteiger partial charge in [0.1, 0.15) is 5.82 Å². The molecule has 0 unspecified atom stereocenters. The van der Waals surface area contributed by atoms with Crippen molar-refractivity contribution in [1.82, 2.24) is 9.97 Å². The van der Waals surface area contributed by atoms with Crippen molar-refractivity contribution in [1.29, 1.82) is 0 Å². The molecular formula is C11H11N3O3. The number of aromatic amines is 1. The molecule has 0 amide bonds. The molecule has 6 heteroatoms. The van der Waals surface area contributed by atoms with E-state index >= 15 is 0 Å². The van der Waals surface area contributed by atoms with Crippen molar-refractivity contribution in [2.24, 2.45) is 5.73 Å². The summed E-state index contributed by atoms with van der Waals surface area (Å²) in [4.78, 5) is 18.0. The van der Waals surface area contributed by atoms with Gasteiger partial charge in [-0.05, 0) is 18.2 Å². The molecule has 0 aliphatic heterocycles. The SMILES string of the molecule is NCc1cc(=O)[nH]c(-c2ccc(O)c(O)c2)n1. The normalized spacial score (nSPS) is 10.4. The fraction of sp³-hybridized carbons (Fsp3) is 0.0909. The van der Waals surface area contributed by atoms with Crippen molar-refractivity contribution in [2.75, 3.05) is 0 Å². The number of aromatic nitrogens is 2. The van der Waals surface area contributed by atoms with Crippen LogP contribution in [0.2, 0.25) is 0 Å². The van der Waals surface area contributed by atoms with Gasteiger partial charge in [0.15, 0.2) is 11.5 Å². The second-order valence-electron chi connectivity index (χ2n) is 3.49. The van der Waals surface area contributed by atoms with Crippen LogP contribution in [0.1, 0.15) is 5.69 Å². The fourth-order valence-corrected chi connectivity index (χ4v) is 1.42. The number of nitrogens with two attached hydrogens (primary N) is 1. The van der Waals surface area contributed by atoms with Crippen LogP contribution < -0.4 is 11.3 Å². The Morgan fingerprint density at radius 1 is 1.24 bits per heavy atom. The molecule has 0 saturated heterocycles. The van der Waals surface area contributed by atoms with E-state index in [2.05, 4.69) is 9.97 Å². The molecule has 0 atom stereocenters. The maximum atomic E-state index is 11.3. The Balaban J connectivity index is 2.55. The first-order valence-corrected chi connectivity index (χ1v) is 4.93. The number of rotatable bonds is 2. The van der Waals surface area contributed by atoms with E-state index in [1.165, 1.54) is 24.3 Å². The molecule has 0 radical (unpaired) electrons. The molecule has 1 aromatic carbocycles. The van der Waals surface area contributed by atoms with Crippen LogP contribution in [-0.2, 0) is 6.54 Å². The predicted octanol–water partition coefficient (Wildman–Crippen LogP) is 0.307. The van der Waals surface area contributed by atoms with Gasteiger partial charge in [0, 0.05) is 18.2 Å². The summed E-state index contributed by atoms with van der Waals surface area (Å²) in [6.45, 7) is 0.154. The zero-order valence-electron chi connectivity index (χ0n) is 8.84. The van der Waals surface area contributed by atoms with Crippen LogP contribution in [0.5, 0.6) is 11.5 Å². The minimum absolute atomic E-state index is 0.154. The summed E-state index contributed by atoms with van der Waals surface area (Å²) >= 11 is 0. The van der Waals surface area contributed by atoms with Gasteiger partial charge in [0.05, 0.1) is 5.69 Å². The molecular weight excluding hydrogens is 222 g/mol. The lowest BCUT2D eigenvalue weighted by molar-refractivity contribution is 0.404. The second kappa shape index (κ2) is 4.26. The Hall–Kier alpha value is -2.34. The third-order valence-corrected chi connectivity index (χ3v) is 2.25. The minimum Gasteiger partial charge on any atom is -0.504 e. The number of benzene rings is 1. The topological polar surface area (TPSA) is 112 Å². The van der Waals surface area contributed by atoms with Crippen LogP contribution in [0.15, 0.2) is 29.1 Å². The van der Waals surface area contributed by atoms with Gasteiger partial charge in [0.2, 0.25) is 0 Å². The number of nitrogens with one attached hydrogen (secondary N) is 1. The number of phenolic OH excluding ortho intramolecular Hbond substituents is 2. The lowest BCUT2D eigenvalue weighted by atomic mass is 10.2. The Kier molecular flexibility index (Phi) is 2.80. The molecule has 0 bridgehead atoms. The highest BCUT2D eigenvalue weighted by Gasteiger charge is 2.06. The van der Waals surface area contributed by atoms with Gasteiger partial charge in [-0.1, -0.05) is 0 Å². The van der Waals surface area contributed by atoms with Crippen molar-refractivity contribution in [2.45, 2.75) is 6.54 Å². The molecule has 88 valence electrons. The van der Waals surface area contributed by atoms with Crippen LogP contribution in [0.25, 0.3) is 11.4 Å². The molecule has 0 spiro atoms. The summed E-state index contributed by atoms with van der Waals surface area (Å²) in [6.07, 6.45) is 0. The number of phenols is 2. The summed E-state index contributed by atoms with van der Waals surface area (Å²) < 4.78 is 0. The van der Waals surface area contributed by atoms with Gasteiger partial charge in [-0.3, -0.25) is 4.79 Å². The molecule has 0 saturated carbocycles. The van der Waals surface area contributed by atoms with E-state index in [1.807, 2.05) is 0 Å². The molecule has 17 heavy (non-hydrogen) atoms. The Bertz CT molecular complexity index is 607. The predicted molar refractivity (Wildman–Crippen MR) is 61.5 cm³/mol. The molecule has 0 aliphatic carbocycles. The zero-order valence-corrected chi connectivity index (χ0v) is 8.84. The number of H-pyrrole nitrogens is 1. The minimum atomic E-state index is -0.317. The highest BCUT2D eigenvalue weighted by atomic mass is 16.3. The Morgan fingerprint density at radius 3 is 2.65 bits per heavy atom. The molecule has 0 aliphatic rings. The molecule has 6 nitrogen and oxygen atoms in total. The second-order valence-corrected chi connectivity index (χ2v) is 3.49. The van der Waals surface area contributed by atoms with Gasteiger partial charge in [-0.2, -0.15) is 0 Å². The van der Waals surface area contributed by atoms with E-state index in [4.69, 9.17) is 5.73 Å². The largest absolute Gasteiger partial charge is 0.504 e. The highest BCUT2D eigenvalue weighted by Crippen LogP contribution is 2.28. The van der Waals surface area contributed by atoms with Gasteiger partial charge < -0.3 is 20.9 Å². The number of hydrogen-bond donors (Lipinski definition) is 4. The summed E-state index contributed by atoms with van der Waals surface area (Å²) in [5, 5.41) is 18.5. The molecule has 1 aromatic heterocycles. The lowest BCUT2D eigenvalue weighted by Gasteiger charge is -2.04. The zero-order chi connectivity index (χ0) is 12.4. The van der Waals surface area contributed by atoms with Crippen molar-refractivity contribution < 1.29 is 10.2 Å². The Labute approximate surface area is 96.4 Å². The summed E-state index contributed by atoms with van der Waals surface area (Å²) in [6, 6.07) is 5.48. The van der Waals surface area contributed by atoms with E-state index < -0.39 is 0 Å². The average molecular weight is 233 g/mol. The van der Waals surface area contributed by atoms with E-state index in [-0.39, 0.29) is 23.6 Å². The van der Waals surface area contributed by atoms with Crippen LogP contribution in [0.4, 0.5) is 0 Å². The van der Waals surface area contributed by atoms with Crippen LogP contribution in [-0.4, -0.2) is 20.2 Å². The van der Waals surface area contributed by atoms with E-state index in [0.29, 0.717) is 17.1 Å². The van der Waals surface area contributed by atoms with Crippen LogP contribution in [0, 0.1) is 0 Å². The standard InChI is InChI=1S/C11H11N3O3/c12-5-7-4-10(17)14-11(13-7)6-1-2-8(15)9(16)3-6/h1-4,15-16H,5,12H2,(H,13,14,17). The van der Waals surface area contributed by atoms with Crippen molar-refractivity contribution in [3.8, 4) is 22.9 Å². The maximum Gasteiger partial charge on any atom is 0.251 e. The van der Waals surface area contributed by atoms with Gasteiger partial charge in [0.25, 0.3) is 5.56 Å². The smallest absolute Gasteiger partial charge is 0.251 e. The average Bonchev–Trinajstić information content (AvgIpc) is 2.32. The Morgan fingerprint density at radius 2 is 2.00 bits per heavy atom. The molecule has 2 aromatic rings. The van der Waals surface area contributed by atoms with Crippen molar-refractivity contribution in [3.05, 3.63) is 40.3 Å². The fourth-order valence-electron chi connectivity index (χ4n) is 1.42. The van der Waals surface area contributed by atoms with Crippen molar-refractivity contribution >= 4 is 0 Å². The van der Waals surface area contributed by atoms with E-state index in [0.717, 1.165) is 0 Å². The number of nitrogens with zero attached hydrogens (tertiary/aromatic N) is 1. The molecule has 0 fully saturated rings. The number of aromatic hydroxyl groups is 2. The first-order chi connectivity index (χ1) is 8.10. The number of hydrogen-bond acceptors (Lipinski definition) is 5. The maximum absolute atomic E-state index is 11.3. The molecule has 5 N–H and O–H groups in total. The van der Waals surface area contributed by atoms with Gasteiger partial charge in [-0.15, -0.1) is 0 Å². The van der Waals surface area contributed by atoms with Crippen molar-refractivity contribution in [3.63, 3.8) is 0 Å². The summed E-state index contributed by atoms with van der Waals surface area (Å²) in [7, 11) is 0. The third kappa shape index (κ3) is 2.26. The molecule has 2 rings (SSSR count). The van der Waals surface area contributed by atoms with E-state index in [9.17, 15) is 15.0 Å². The summed E-state index contributed by atoms with van der Waals surface area (Å²) in [5.41, 5.74) is 6.05.